The maximum absolute atomic E-state index is 12.4. The number of hydrogen-bond acceptors (Lipinski definition) is 6. The molecule has 0 aliphatic heterocycles. The van der Waals surface area contributed by atoms with E-state index < -0.39 is 6.10 Å². The number of carbonyl (C=O) groups excluding carboxylic acids is 1. The zero-order valence-corrected chi connectivity index (χ0v) is 16.0. The first-order valence-corrected chi connectivity index (χ1v) is 9.61. The molecule has 0 fully saturated rings. The van der Waals surface area contributed by atoms with Gasteiger partial charge in [-0.15, -0.1) is 22.7 Å². The molecule has 1 aromatic carbocycles. The van der Waals surface area contributed by atoms with E-state index in [2.05, 4.69) is 5.32 Å². The first kappa shape index (κ1) is 18.4. The van der Waals surface area contributed by atoms with Gasteiger partial charge in [0.1, 0.15) is 17.6 Å². The summed E-state index contributed by atoms with van der Waals surface area (Å²) in [5.74, 6) is 0.912. The number of methoxy groups -OCH3 is 2. The zero-order chi connectivity index (χ0) is 18.5. The molecule has 3 rings (SSSR count). The fourth-order valence-corrected chi connectivity index (χ4v) is 4.19. The van der Waals surface area contributed by atoms with E-state index in [1.54, 1.807) is 32.4 Å². The number of ether oxygens (including phenoxy) is 2. The fraction of sp³-hybridized carbons (Fsp3) is 0.211. The van der Waals surface area contributed by atoms with Crippen LogP contribution in [0.5, 0.6) is 11.5 Å². The summed E-state index contributed by atoms with van der Waals surface area (Å²) < 4.78 is 10.4. The van der Waals surface area contributed by atoms with Gasteiger partial charge in [0.05, 0.1) is 20.8 Å². The monoisotopic (exact) mass is 389 g/mol. The highest BCUT2D eigenvalue weighted by atomic mass is 32.1. The van der Waals surface area contributed by atoms with Gasteiger partial charge < -0.3 is 19.9 Å². The maximum Gasteiger partial charge on any atom is 0.251 e. The highest BCUT2D eigenvalue weighted by molar-refractivity contribution is 7.12. The molecule has 1 atom stereocenters. The molecule has 2 heterocycles. The molecule has 0 radical (unpaired) electrons. The van der Waals surface area contributed by atoms with Gasteiger partial charge in [-0.2, -0.15) is 0 Å². The van der Waals surface area contributed by atoms with Crippen LogP contribution < -0.4 is 14.8 Å². The summed E-state index contributed by atoms with van der Waals surface area (Å²) in [5, 5.41) is 15.2. The number of aliphatic hydroxyl groups excluding tert-OH is 1. The highest BCUT2D eigenvalue weighted by Gasteiger charge is 2.15. The average Bonchev–Trinajstić information content (AvgIpc) is 3.37. The number of benzene rings is 1. The van der Waals surface area contributed by atoms with Gasteiger partial charge in [-0.3, -0.25) is 4.79 Å². The van der Waals surface area contributed by atoms with Crippen molar-refractivity contribution in [3.8, 4) is 11.5 Å². The SMILES string of the molecule is COc1cc(OC)cc(C(=O)NCc2ccc([C@@H](O)c3cccs3)s2)c1. The minimum absolute atomic E-state index is 0.212. The molecule has 0 aliphatic rings. The minimum atomic E-state index is -0.618. The van der Waals surface area contributed by atoms with Crippen molar-refractivity contribution in [2.45, 2.75) is 12.6 Å². The zero-order valence-electron chi connectivity index (χ0n) is 14.4. The second kappa shape index (κ2) is 8.35. The number of hydrogen-bond donors (Lipinski definition) is 2. The molecule has 136 valence electrons. The van der Waals surface area contributed by atoms with Gasteiger partial charge >= 0.3 is 0 Å². The van der Waals surface area contributed by atoms with Crippen LogP contribution in [-0.4, -0.2) is 25.2 Å². The van der Waals surface area contributed by atoms with Crippen LogP contribution in [0.15, 0.2) is 47.8 Å². The molecule has 3 aromatic rings. The Morgan fingerprint density at radius 3 is 2.46 bits per heavy atom. The molecule has 7 heteroatoms. The normalized spacial score (nSPS) is 11.8. The van der Waals surface area contributed by atoms with Crippen LogP contribution in [0.3, 0.4) is 0 Å². The lowest BCUT2D eigenvalue weighted by Crippen LogP contribution is -2.22. The number of amides is 1. The lowest BCUT2D eigenvalue weighted by molar-refractivity contribution is 0.0950. The molecular weight excluding hydrogens is 370 g/mol. The van der Waals surface area contributed by atoms with Crippen molar-refractivity contribution in [3.05, 3.63) is 68.0 Å². The van der Waals surface area contributed by atoms with Crippen molar-refractivity contribution in [1.82, 2.24) is 5.32 Å². The van der Waals surface area contributed by atoms with Crippen molar-refractivity contribution >= 4 is 28.6 Å². The molecule has 0 aliphatic carbocycles. The minimum Gasteiger partial charge on any atom is -0.497 e. The van der Waals surface area contributed by atoms with Gasteiger partial charge in [-0.05, 0) is 35.7 Å². The first-order chi connectivity index (χ1) is 12.6. The smallest absolute Gasteiger partial charge is 0.251 e. The van der Waals surface area contributed by atoms with Crippen LogP contribution in [0.4, 0.5) is 0 Å². The molecule has 0 spiro atoms. The van der Waals surface area contributed by atoms with Crippen LogP contribution in [0.2, 0.25) is 0 Å². The molecular formula is C19H19NO4S2. The van der Waals surface area contributed by atoms with E-state index in [-0.39, 0.29) is 5.91 Å². The van der Waals surface area contributed by atoms with Crippen LogP contribution in [0.1, 0.15) is 31.1 Å². The van der Waals surface area contributed by atoms with E-state index in [1.165, 1.54) is 22.7 Å². The second-order valence-electron chi connectivity index (χ2n) is 5.51. The Morgan fingerprint density at radius 1 is 1.12 bits per heavy atom. The summed E-state index contributed by atoms with van der Waals surface area (Å²) in [4.78, 5) is 15.2. The van der Waals surface area contributed by atoms with E-state index >= 15 is 0 Å². The summed E-state index contributed by atoms with van der Waals surface area (Å²) in [7, 11) is 3.09. The highest BCUT2D eigenvalue weighted by Crippen LogP contribution is 2.31. The largest absolute Gasteiger partial charge is 0.497 e. The van der Waals surface area contributed by atoms with Gasteiger partial charge in [0.15, 0.2) is 0 Å². The lowest BCUT2D eigenvalue weighted by atomic mass is 10.2. The number of aliphatic hydroxyl groups is 1. The third-order valence-corrected chi connectivity index (χ3v) is 5.86. The van der Waals surface area contributed by atoms with E-state index in [0.717, 1.165) is 14.6 Å². The lowest BCUT2D eigenvalue weighted by Gasteiger charge is -2.09. The third-order valence-electron chi connectivity index (χ3n) is 3.80. The Labute approximate surface area is 159 Å². The second-order valence-corrected chi connectivity index (χ2v) is 7.69. The van der Waals surface area contributed by atoms with Crippen LogP contribution in [0.25, 0.3) is 0 Å². The molecule has 0 saturated heterocycles. The average molecular weight is 389 g/mol. The molecule has 26 heavy (non-hydrogen) atoms. The molecule has 0 unspecified atom stereocenters. The topological polar surface area (TPSA) is 67.8 Å². The predicted molar refractivity (Wildman–Crippen MR) is 103 cm³/mol. The van der Waals surface area contributed by atoms with Gasteiger partial charge in [0.2, 0.25) is 0 Å². The molecule has 2 aromatic heterocycles. The molecule has 5 nitrogen and oxygen atoms in total. The van der Waals surface area contributed by atoms with Crippen molar-refractivity contribution < 1.29 is 19.4 Å². The Bertz CT molecular complexity index is 851. The first-order valence-electron chi connectivity index (χ1n) is 7.92. The molecule has 0 bridgehead atoms. The summed E-state index contributed by atoms with van der Waals surface area (Å²) in [5.41, 5.74) is 0.469. The van der Waals surface area contributed by atoms with Gasteiger partial charge in [0.25, 0.3) is 5.91 Å². The third kappa shape index (κ3) is 4.24. The number of nitrogens with one attached hydrogen (secondary N) is 1. The van der Waals surface area contributed by atoms with Crippen molar-refractivity contribution in [3.63, 3.8) is 0 Å². The van der Waals surface area contributed by atoms with Gasteiger partial charge in [-0.1, -0.05) is 6.07 Å². The standard InChI is InChI=1S/C19H19NO4S2/c1-23-13-8-12(9-14(10-13)24-2)19(22)20-11-15-5-6-17(26-15)18(21)16-4-3-7-25-16/h3-10,18,21H,11H2,1-2H3,(H,20,22)/t18-/m0/s1. The summed E-state index contributed by atoms with van der Waals surface area (Å²) >= 11 is 3.01. The fourth-order valence-electron chi connectivity index (χ4n) is 2.43. The summed E-state index contributed by atoms with van der Waals surface area (Å²) in [6, 6.07) is 12.7. The molecule has 2 N–H and O–H groups in total. The number of thiophene rings is 2. The Balaban J connectivity index is 1.65. The molecule has 0 saturated carbocycles. The Hall–Kier alpha value is -2.35. The van der Waals surface area contributed by atoms with Crippen LogP contribution >= 0.6 is 22.7 Å². The van der Waals surface area contributed by atoms with Gasteiger partial charge in [-0.25, -0.2) is 0 Å². The van der Waals surface area contributed by atoms with E-state index in [0.29, 0.717) is 23.6 Å². The summed E-state index contributed by atoms with van der Waals surface area (Å²) in [6.45, 7) is 0.389. The van der Waals surface area contributed by atoms with E-state index in [9.17, 15) is 9.90 Å². The Morgan fingerprint density at radius 2 is 1.85 bits per heavy atom. The number of rotatable bonds is 7. The van der Waals surface area contributed by atoms with Crippen LogP contribution in [-0.2, 0) is 6.54 Å². The van der Waals surface area contributed by atoms with Crippen molar-refractivity contribution in [1.29, 1.82) is 0 Å². The van der Waals surface area contributed by atoms with Crippen LogP contribution in [0, 0.1) is 0 Å². The number of carbonyl (C=O) groups is 1. The maximum atomic E-state index is 12.4. The molecule has 1 amide bonds. The Kier molecular flexibility index (Phi) is 5.92. The van der Waals surface area contributed by atoms with E-state index in [1.807, 2.05) is 29.6 Å². The van der Waals surface area contributed by atoms with Crippen molar-refractivity contribution in [2.24, 2.45) is 0 Å². The summed E-state index contributed by atoms with van der Waals surface area (Å²) in [6.07, 6.45) is -0.618. The predicted octanol–water partition coefficient (Wildman–Crippen LogP) is 3.84. The van der Waals surface area contributed by atoms with Gasteiger partial charge in [0, 0.05) is 26.3 Å². The van der Waals surface area contributed by atoms with Crippen molar-refractivity contribution in [2.75, 3.05) is 14.2 Å². The van der Waals surface area contributed by atoms with E-state index in [4.69, 9.17) is 9.47 Å². The quantitative estimate of drug-likeness (QED) is 0.644.